The fourth-order valence-corrected chi connectivity index (χ4v) is 6.03. The number of furan rings is 1. The predicted octanol–water partition coefficient (Wildman–Crippen LogP) is 4.39. The van der Waals surface area contributed by atoms with Crippen LogP contribution >= 0.6 is 11.8 Å². The van der Waals surface area contributed by atoms with E-state index >= 15 is 0 Å². The minimum atomic E-state index is -0.305. The topological polar surface area (TPSA) is 101 Å². The summed E-state index contributed by atoms with van der Waals surface area (Å²) in [6, 6.07) is 12.2. The lowest BCUT2D eigenvalue weighted by atomic mass is 9.98. The molecule has 42 heavy (non-hydrogen) atoms. The summed E-state index contributed by atoms with van der Waals surface area (Å²) in [5, 5.41) is 0.577. The normalized spacial score (nSPS) is 17.4. The third kappa shape index (κ3) is 7.22. The number of benzene rings is 1. The Balaban J connectivity index is 1.21. The van der Waals surface area contributed by atoms with Crippen LogP contribution in [0.5, 0.6) is 0 Å². The number of nitrogens with zero attached hydrogens (tertiary/aromatic N) is 5. The summed E-state index contributed by atoms with van der Waals surface area (Å²) in [4.78, 5) is 40.6. The number of hydrogen-bond acceptors (Lipinski definition) is 10. The number of methoxy groups -OCH3 is 1. The molecule has 1 aromatic carbocycles. The molecule has 2 aromatic heterocycles. The summed E-state index contributed by atoms with van der Waals surface area (Å²) < 4.78 is 30.7. The Labute approximate surface area is 249 Å². The quantitative estimate of drug-likeness (QED) is 0.190. The van der Waals surface area contributed by atoms with Crippen molar-refractivity contribution in [3.8, 4) is 0 Å². The van der Waals surface area contributed by atoms with Gasteiger partial charge in [-0.2, -0.15) is 0 Å². The highest BCUT2D eigenvalue weighted by molar-refractivity contribution is 7.98. The van der Waals surface area contributed by atoms with Crippen LogP contribution < -0.4 is 9.80 Å². The monoisotopic (exact) mass is 597 g/mol. The van der Waals surface area contributed by atoms with Gasteiger partial charge in [0.2, 0.25) is 0 Å². The lowest BCUT2D eigenvalue weighted by Crippen LogP contribution is -2.47. The molecule has 0 spiro atoms. The van der Waals surface area contributed by atoms with E-state index in [2.05, 4.69) is 14.8 Å². The molecule has 4 heterocycles. The number of rotatable bonds is 10. The van der Waals surface area contributed by atoms with Gasteiger partial charge in [-0.1, -0.05) is 23.9 Å². The molecule has 0 radical (unpaired) electrons. The molecule has 2 aliphatic rings. The van der Waals surface area contributed by atoms with Gasteiger partial charge in [-0.3, -0.25) is 9.59 Å². The summed E-state index contributed by atoms with van der Waals surface area (Å²) in [5.74, 6) is 1.11. The van der Waals surface area contributed by atoms with Crippen LogP contribution in [0.2, 0.25) is 0 Å². The molecule has 0 saturated carbocycles. The molecule has 1 amide bonds. The van der Waals surface area contributed by atoms with Crippen LogP contribution in [0, 0.1) is 11.7 Å². The van der Waals surface area contributed by atoms with Crippen LogP contribution in [-0.4, -0.2) is 79.7 Å². The summed E-state index contributed by atoms with van der Waals surface area (Å²) in [6.07, 6.45) is 1.46. The molecule has 12 heteroatoms. The van der Waals surface area contributed by atoms with Crippen LogP contribution in [0.15, 0.2) is 52.0 Å². The molecule has 1 atom stereocenters. The number of aromatic nitrogens is 2. The molecular formula is C30H36FN5O5S. The Morgan fingerprint density at radius 1 is 1.07 bits per heavy atom. The molecular weight excluding hydrogens is 561 g/mol. The van der Waals surface area contributed by atoms with Crippen molar-refractivity contribution in [2.75, 3.05) is 62.8 Å². The van der Waals surface area contributed by atoms with E-state index in [9.17, 15) is 14.0 Å². The smallest absolute Gasteiger partial charge is 0.310 e. The maximum atomic E-state index is 14.3. The van der Waals surface area contributed by atoms with Crippen molar-refractivity contribution in [2.45, 2.75) is 37.3 Å². The number of piperidine rings is 1. The van der Waals surface area contributed by atoms with Crippen LogP contribution in [-0.2, 0) is 26.6 Å². The second-order valence-electron chi connectivity index (χ2n) is 10.3. The average molecular weight is 598 g/mol. The van der Waals surface area contributed by atoms with Crippen molar-refractivity contribution < 1.29 is 27.9 Å². The number of hydrogen-bond donors (Lipinski definition) is 0. The first kappa shape index (κ1) is 29.8. The zero-order valence-electron chi connectivity index (χ0n) is 24.0. The van der Waals surface area contributed by atoms with Gasteiger partial charge in [0.25, 0.3) is 5.91 Å². The van der Waals surface area contributed by atoms with Gasteiger partial charge in [-0.15, -0.1) is 0 Å². The molecule has 224 valence electrons. The Morgan fingerprint density at radius 2 is 1.86 bits per heavy atom. The number of anilines is 2. The third-order valence-electron chi connectivity index (χ3n) is 7.38. The van der Waals surface area contributed by atoms with Crippen LogP contribution in [0.4, 0.5) is 15.9 Å². The number of para-hydroxylation sites is 1. The maximum absolute atomic E-state index is 14.3. The summed E-state index contributed by atoms with van der Waals surface area (Å²) in [5.41, 5.74) is 1.38. The lowest BCUT2D eigenvalue weighted by molar-refractivity contribution is -0.149. The van der Waals surface area contributed by atoms with Gasteiger partial charge in [0, 0.05) is 52.4 Å². The number of piperazine rings is 1. The first-order chi connectivity index (χ1) is 20.4. The fraction of sp³-hybridized carbons (Fsp3) is 0.467. The molecule has 2 aliphatic heterocycles. The van der Waals surface area contributed by atoms with E-state index < -0.39 is 0 Å². The molecule has 2 fully saturated rings. The highest BCUT2D eigenvalue weighted by atomic mass is 32.2. The van der Waals surface area contributed by atoms with E-state index in [1.807, 2.05) is 18.2 Å². The Morgan fingerprint density at radius 3 is 2.62 bits per heavy atom. The van der Waals surface area contributed by atoms with Crippen molar-refractivity contribution in [2.24, 2.45) is 5.92 Å². The maximum Gasteiger partial charge on any atom is 0.310 e. The first-order valence-corrected chi connectivity index (χ1v) is 15.2. The first-order valence-electron chi connectivity index (χ1n) is 14.2. The highest BCUT2D eigenvalue weighted by Gasteiger charge is 2.31. The van der Waals surface area contributed by atoms with Crippen molar-refractivity contribution in [1.29, 1.82) is 0 Å². The van der Waals surface area contributed by atoms with Crippen molar-refractivity contribution >= 4 is 35.1 Å². The second kappa shape index (κ2) is 14.0. The molecule has 0 N–H and O–H groups in total. The average Bonchev–Trinajstić information content (AvgIpc) is 3.49. The number of thioether (sulfide) groups is 1. The van der Waals surface area contributed by atoms with E-state index in [-0.39, 0.29) is 29.4 Å². The number of halogens is 1. The lowest BCUT2D eigenvalue weighted by Gasteiger charge is -2.37. The summed E-state index contributed by atoms with van der Waals surface area (Å²) in [6.45, 7) is 6.10. The number of carbonyl (C=O) groups excluding carboxylic acids is 2. The van der Waals surface area contributed by atoms with E-state index in [0.29, 0.717) is 81.3 Å². The number of carbonyl (C=O) groups is 2. The van der Waals surface area contributed by atoms with Crippen LogP contribution in [0.1, 0.15) is 41.8 Å². The minimum absolute atomic E-state index is 0.214. The molecule has 0 unspecified atom stereocenters. The highest BCUT2D eigenvalue weighted by Crippen LogP contribution is 2.27. The molecule has 3 aromatic rings. The van der Waals surface area contributed by atoms with E-state index in [1.54, 1.807) is 37.1 Å². The van der Waals surface area contributed by atoms with Gasteiger partial charge in [0.05, 0.1) is 36.3 Å². The molecule has 0 aliphatic carbocycles. The van der Waals surface area contributed by atoms with Gasteiger partial charge >= 0.3 is 5.97 Å². The van der Waals surface area contributed by atoms with E-state index in [0.717, 1.165) is 17.9 Å². The van der Waals surface area contributed by atoms with E-state index in [1.165, 1.54) is 17.8 Å². The van der Waals surface area contributed by atoms with E-state index in [4.69, 9.17) is 18.9 Å². The van der Waals surface area contributed by atoms with Crippen LogP contribution in [0.25, 0.3) is 0 Å². The van der Waals surface area contributed by atoms with Crippen LogP contribution in [0.3, 0.4) is 0 Å². The molecule has 0 bridgehead atoms. The second-order valence-corrected chi connectivity index (χ2v) is 11.2. The minimum Gasteiger partial charge on any atom is -0.466 e. The van der Waals surface area contributed by atoms with Crippen molar-refractivity contribution in [3.05, 3.63) is 65.5 Å². The van der Waals surface area contributed by atoms with Crippen molar-refractivity contribution in [1.82, 2.24) is 14.9 Å². The van der Waals surface area contributed by atoms with Gasteiger partial charge in [0.15, 0.2) is 10.9 Å². The third-order valence-corrected chi connectivity index (χ3v) is 8.25. The largest absolute Gasteiger partial charge is 0.466 e. The predicted molar refractivity (Wildman–Crippen MR) is 157 cm³/mol. The molecule has 5 rings (SSSR count). The van der Waals surface area contributed by atoms with Crippen molar-refractivity contribution in [3.63, 3.8) is 0 Å². The fourth-order valence-electron chi connectivity index (χ4n) is 5.27. The Kier molecular flexibility index (Phi) is 9.96. The number of likely N-dealkylation sites (tertiary alicyclic amines) is 1. The summed E-state index contributed by atoms with van der Waals surface area (Å²) >= 11 is 1.42. The molecule has 2 saturated heterocycles. The number of esters is 1. The van der Waals surface area contributed by atoms with Gasteiger partial charge in [-0.05, 0) is 44.0 Å². The number of ether oxygens (including phenoxy) is 2. The zero-order chi connectivity index (χ0) is 29.5. The standard InChI is InChI=1S/C30H36FN5O5S/c1-3-40-29(38)21-7-6-12-36(18-21)28(37)26-11-10-23(41-26)20-42-30-32-22(19-39-2)17-27(33-30)35-15-13-34(14-16-35)25-9-5-4-8-24(25)31/h4-5,8-11,17,21H,3,6-7,12-16,18-20H2,1-2H3/t21-/m0/s1. The molecule has 10 nitrogen and oxygen atoms in total. The summed E-state index contributed by atoms with van der Waals surface area (Å²) in [7, 11) is 1.63. The number of amides is 1. The Bertz CT molecular complexity index is 1380. The Hall–Kier alpha value is -3.64. The zero-order valence-corrected chi connectivity index (χ0v) is 24.8. The van der Waals surface area contributed by atoms with Gasteiger partial charge in [0.1, 0.15) is 17.4 Å². The SMILES string of the molecule is CCOC(=O)[C@H]1CCCN(C(=O)c2ccc(CSc3nc(COC)cc(N4CCN(c5ccccc5F)CC4)n3)o2)C1. The van der Waals surface area contributed by atoms with Gasteiger partial charge in [-0.25, -0.2) is 14.4 Å². The van der Waals surface area contributed by atoms with Gasteiger partial charge < -0.3 is 28.6 Å².